The van der Waals surface area contributed by atoms with Gasteiger partial charge in [-0.2, -0.15) is 0 Å². The zero-order valence-corrected chi connectivity index (χ0v) is 11.6. The Bertz CT molecular complexity index is 588. The summed E-state index contributed by atoms with van der Waals surface area (Å²) in [5.74, 6) is 0.498. The van der Waals surface area contributed by atoms with Crippen LogP contribution in [0.2, 0.25) is 5.02 Å². The Morgan fingerprint density at radius 1 is 1.60 bits per heavy atom. The molecule has 2 heterocycles. The lowest BCUT2D eigenvalue weighted by molar-refractivity contribution is -0.384. The maximum absolute atomic E-state index is 10.9. The normalized spacial score (nSPS) is 12.1. The quantitative estimate of drug-likeness (QED) is 0.654. The van der Waals surface area contributed by atoms with Crippen LogP contribution in [-0.2, 0) is 6.54 Å². The van der Waals surface area contributed by atoms with Crippen LogP contribution in [-0.4, -0.2) is 26.0 Å². The number of hydrogen-bond donors (Lipinski definition) is 1. The molecule has 1 N–H and O–H groups in total. The number of pyridine rings is 1. The van der Waals surface area contributed by atoms with Crippen LogP contribution in [0.3, 0.4) is 0 Å². The molecule has 0 radical (unpaired) electrons. The second-order valence-electron chi connectivity index (χ2n) is 4.52. The molecule has 2 rings (SSSR count). The summed E-state index contributed by atoms with van der Waals surface area (Å²) in [5.41, 5.74) is -0.118. The summed E-state index contributed by atoms with van der Waals surface area (Å²) in [6.45, 7) is 3.37. The van der Waals surface area contributed by atoms with E-state index in [9.17, 15) is 10.1 Å². The van der Waals surface area contributed by atoms with Gasteiger partial charge in [-0.25, -0.2) is 9.97 Å². The maximum Gasteiger partial charge on any atom is 0.312 e. The van der Waals surface area contributed by atoms with E-state index in [0.717, 1.165) is 6.54 Å². The lowest BCUT2D eigenvalue weighted by Crippen LogP contribution is -2.17. The largest absolute Gasteiger partial charge is 0.364 e. The van der Waals surface area contributed by atoms with Crippen LogP contribution < -0.4 is 5.32 Å². The molecular weight excluding hydrogens is 282 g/mol. The molecule has 0 saturated heterocycles. The van der Waals surface area contributed by atoms with Gasteiger partial charge < -0.3 is 9.88 Å². The molecule has 0 bridgehead atoms. The van der Waals surface area contributed by atoms with E-state index in [1.165, 1.54) is 12.3 Å². The molecule has 0 aromatic carbocycles. The van der Waals surface area contributed by atoms with Crippen LogP contribution in [0.25, 0.3) is 0 Å². The van der Waals surface area contributed by atoms with Crippen molar-refractivity contribution in [3.63, 3.8) is 0 Å². The fraction of sp³-hybridized carbons (Fsp3) is 0.333. The van der Waals surface area contributed by atoms with E-state index in [-0.39, 0.29) is 22.4 Å². The number of rotatable bonds is 6. The molecule has 0 saturated carbocycles. The van der Waals surface area contributed by atoms with Crippen molar-refractivity contribution in [2.45, 2.75) is 13.5 Å². The molecule has 1 atom stereocenters. The van der Waals surface area contributed by atoms with Gasteiger partial charge in [0.15, 0.2) is 0 Å². The molecule has 0 spiro atoms. The highest BCUT2D eigenvalue weighted by Gasteiger charge is 2.16. The van der Waals surface area contributed by atoms with E-state index in [4.69, 9.17) is 11.6 Å². The first-order chi connectivity index (χ1) is 9.56. The minimum Gasteiger partial charge on any atom is -0.364 e. The molecule has 0 aliphatic heterocycles. The summed E-state index contributed by atoms with van der Waals surface area (Å²) in [5, 5.41) is 14.2. The third kappa shape index (κ3) is 3.67. The van der Waals surface area contributed by atoms with Gasteiger partial charge in [0.25, 0.3) is 0 Å². The van der Waals surface area contributed by atoms with Crippen molar-refractivity contribution in [3.8, 4) is 0 Å². The number of imidazole rings is 1. The number of anilines is 1. The monoisotopic (exact) mass is 295 g/mol. The Kier molecular flexibility index (Phi) is 4.52. The Morgan fingerprint density at radius 3 is 3.05 bits per heavy atom. The van der Waals surface area contributed by atoms with Crippen molar-refractivity contribution < 1.29 is 4.92 Å². The minimum absolute atomic E-state index is 0.118. The van der Waals surface area contributed by atoms with Crippen LogP contribution in [0.5, 0.6) is 0 Å². The third-order valence-electron chi connectivity index (χ3n) is 2.73. The highest BCUT2D eigenvalue weighted by Crippen LogP contribution is 2.25. The van der Waals surface area contributed by atoms with E-state index in [1.54, 1.807) is 12.5 Å². The summed E-state index contributed by atoms with van der Waals surface area (Å²) in [7, 11) is 0. The van der Waals surface area contributed by atoms with Gasteiger partial charge in [0.1, 0.15) is 0 Å². The molecule has 2 aromatic heterocycles. The molecule has 2 aromatic rings. The second-order valence-corrected chi connectivity index (χ2v) is 4.96. The highest BCUT2D eigenvalue weighted by molar-refractivity contribution is 6.30. The van der Waals surface area contributed by atoms with Crippen LogP contribution in [0, 0.1) is 16.0 Å². The molecule has 106 valence electrons. The zero-order valence-electron chi connectivity index (χ0n) is 10.9. The molecule has 1 unspecified atom stereocenters. The van der Waals surface area contributed by atoms with Crippen molar-refractivity contribution >= 4 is 23.1 Å². The van der Waals surface area contributed by atoms with E-state index in [2.05, 4.69) is 15.3 Å². The van der Waals surface area contributed by atoms with E-state index in [1.807, 2.05) is 17.7 Å². The fourth-order valence-corrected chi connectivity index (χ4v) is 1.95. The van der Waals surface area contributed by atoms with E-state index >= 15 is 0 Å². The summed E-state index contributed by atoms with van der Waals surface area (Å²) < 4.78 is 1.95. The molecule has 7 nitrogen and oxygen atoms in total. The molecule has 0 aliphatic carbocycles. The highest BCUT2D eigenvalue weighted by atomic mass is 35.5. The lowest BCUT2D eigenvalue weighted by atomic mass is 10.2. The molecular formula is C12H14ClN5O2. The molecule has 20 heavy (non-hydrogen) atoms. The van der Waals surface area contributed by atoms with E-state index in [0.29, 0.717) is 6.54 Å². The number of aromatic nitrogens is 3. The summed E-state index contributed by atoms with van der Waals surface area (Å²) in [4.78, 5) is 18.4. The van der Waals surface area contributed by atoms with Gasteiger partial charge >= 0.3 is 5.69 Å². The van der Waals surface area contributed by atoms with Crippen molar-refractivity contribution in [1.29, 1.82) is 0 Å². The Balaban J connectivity index is 1.98. The van der Waals surface area contributed by atoms with Crippen LogP contribution in [0.15, 0.2) is 31.0 Å². The van der Waals surface area contributed by atoms with Gasteiger partial charge in [0, 0.05) is 37.7 Å². The number of halogens is 1. The molecule has 0 amide bonds. The molecule has 0 fully saturated rings. The smallest absolute Gasteiger partial charge is 0.312 e. The Morgan fingerprint density at radius 2 is 2.40 bits per heavy atom. The van der Waals surface area contributed by atoms with Crippen molar-refractivity contribution in [2.75, 3.05) is 11.9 Å². The Labute approximate surface area is 120 Å². The number of nitro groups is 1. The standard InChI is InChI=1S/C12H14ClN5O2/c1-9(7-17-3-2-14-8-17)5-15-12-11(18(19)20)4-10(13)6-16-12/h2-4,6,8-9H,5,7H2,1H3,(H,15,16). The molecule has 0 aliphatic rings. The average molecular weight is 296 g/mol. The summed E-state index contributed by atoms with van der Waals surface area (Å²) in [6, 6.07) is 1.29. The lowest BCUT2D eigenvalue weighted by Gasteiger charge is -2.13. The average Bonchev–Trinajstić information content (AvgIpc) is 2.90. The zero-order chi connectivity index (χ0) is 14.5. The van der Waals surface area contributed by atoms with Gasteiger partial charge in [-0.3, -0.25) is 10.1 Å². The second kappa shape index (κ2) is 6.33. The summed E-state index contributed by atoms with van der Waals surface area (Å²) >= 11 is 5.71. The minimum atomic E-state index is -0.498. The predicted molar refractivity (Wildman–Crippen MR) is 75.8 cm³/mol. The van der Waals surface area contributed by atoms with Crippen molar-refractivity contribution in [2.24, 2.45) is 5.92 Å². The number of hydrogen-bond acceptors (Lipinski definition) is 5. The first-order valence-electron chi connectivity index (χ1n) is 6.06. The van der Waals surface area contributed by atoms with Crippen LogP contribution >= 0.6 is 11.6 Å². The molecule has 8 heteroatoms. The fourth-order valence-electron chi connectivity index (χ4n) is 1.79. The van der Waals surface area contributed by atoms with Gasteiger partial charge in [-0.1, -0.05) is 18.5 Å². The number of nitrogens with one attached hydrogen (secondary N) is 1. The van der Waals surface area contributed by atoms with Crippen LogP contribution in [0.4, 0.5) is 11.5 Å². The van der Waals surface area contributed by atoms with Crippen LogP contribution in [0.1, 0.15) is 6.92 Å². The van der Waals surface area contributed by atoms with E-state index < -0.39 is 4.92 Å². The van der Waals surface area contributed by atoms with Gasteiger partial charge in [-0.15, -0.1) is 0 Å². The first kappa shape index (κ1) is 14.3. The topological polar surface area (TPSA) is 85.9 Å². The van der Waals surface area contributed by atoms with Crippen molar-refractivity contribution in [1.82, 2.24) is 14.5 Å². The third-order valence-corrected chi connectivity index (χ3v) is 2.94. The van der Waals surface area contributed by atoms with Gasteiger partial charge in [-0.05, 0) is 5.92 Å². The van der Waals surface area contributed by atoms with Crippen molar-refractivity contribution in [3.05, 3.63) is 46.1 Å². The number of nitrogens with zero attached hydrogens (tertiary/aromatic N) is 4. The Hall–Kier alpha value is -2.15. The first-order valence-corrected chi connectivity index (χ1v) is 6.43. The maximum atomic E-state index is 10.9. The summed E-state index contributed by atoms with van der Waals surface area (Å²) in [6.07, 6.45) is 6.71. The predicted octanol–water partition coefficient (Wildman–Crippen LogP) is 2.59. The SMILES string of the molecule is CC(CNc1ncc(Cl)cc1[N+](=O)[O-])Cn1ccnc1. The van der Waals surface area contributed by atoms with Gasteiger partial charge in [0.05, 0.1) is 16.3 Å². The van der Waals surface area contributed by atoms with Gasteiger partial charge in [0.2, 0.25) is 5.82 Å².